The van der Waals surface area contributed by atoms with Gasteiger partial charge in [0.2, 0.25) is 0 Å². The number of hydrogen-bond donors (Lipinski definition) is 1. The van der Waals surface area contributed by atoms with Crippen molar-refractivity contribution in [3.63, 3.8) is 0 Å². The van der Waals surface area contributed by atoms with Crippen LogP contribution in [0.15, 0.2) is 6.20 Å². The Labute approximate surface area is 95.4 Å². The van der Waals surface area contributed by atoms with E-state index < -0.39 is 18.1 Å². The third-order valence-electron chi connectivity index (χ3n) is 1.97. The topological polar surface area (TPSA) is 65.2 Å². The minimum Gasteiger partial charge on any atom is -0.465 e. The van der Waals surface area contributed by atoms with Crippen LogP contribution < -0.4 is 5.73 Å². The first-order chi connectivity index (χ1) is 7.52. The molecule has 1 aromatic rings. The van der Waals surface area contributed by atoms with E-state index in [0.29, 0.717) is 0 Å². The van der Waals surface area contributed by atoms with Crippen LogP contribution in [0.4, 0.5) is 14.5 Å². The molecule has 0 aliphatic heterocycles. The maximum Gasteiger partial charge on any atom is 0.340 e. The number of nitrogens with zero attached hydrogens (tertiary/aromatic N) is 1. The van der Waals surface area contributed by atoms with Crippen LogP contribution in [0.25, 0.3) is 0 Å². The molecule has 0 unspecified atom stereocenters. The lowest BCUT2D eigenvalue weighted by molar-refractivity contribution is 0.0600. The van der Waals surface area contributed by atoms with Crippen molar-refractivity contribution in [2.24, 2.45) is 0 Å². The summed E-state index contributed by atoms with van der Waals surface area (Å²) in [6, 6.07) is 0. The number of alkyl halides is 3. The first-order valence-corrected chi connectivity index (χ1v) is 4.76. The van der Waals surface area contributed by atoms with E-state index in [1.165, 1.54) is 0 Å². The molecule has 0 aliphatic rings. The van der Waals surface area contributed by atoms with Crippen molar-refractivity contribution >= 4 is 23.3 Å². The predicted molar refractivity (Wildman–Crippen MR) is 54.5 cm³/mol. The van der Waals surface area contributed by atoms with Crippen LogP contribution in [0.1, 0.15) is 28.0 Å². The molecule has 4 nitrogen and oxygen atoms in total. The smallest absolute Gasteiger partial charge is 0.340 e. The predicted octanol–water partition coefficient (Wildman–Crippen LogP) is 2.13. The van der Waals surface area contributed by atoms with E-state index in [1.54, 1.807) is 0 Å². The number of aromatic nitrogens is 1. The first-order valence-electron chi connectivity index (χ1n) is 4.22. The highest BCUT2D eigenvalue weighted by Crippen LogP contribution is 2.28. The van der Waals surface area contributed by atoms with Gasteiger partial charge in [-0.15, -0.1) is 11.6 Å². The molecule has 7 heteroatoms. The van der Waals surface area contributed by atoms with Crippen molar-refractivity contribution in [1.29, 1.82) is 0 Å². The maximum atomic E-state index is 12.6. The van der Waals surface area contributed by atoms with Crippen LogP contribution in [0.5, 0.6) is 0 Å². The molecule has 0 fully saturated rings. The second-order valence-corrected chi connectivity index (χ2v) is 3.15. The molecule has 0 aromatic carbocycles. The molecule has 0 spiro atoms. The van der Waals surface area contributed by atoms with E-state index in [4.69, 9.17) is 17.3 Å². The lowest BCUT2D eigenvalue weighted by Crippen LogP contribution is -2.12. The van der Waals surface area contributed by atoms with Gasteiger partial charge < -0.3 is 10.5 Å². The summed E-state index contributed by atoms with van der Waals surface area (Å²) < 4.78 is 29.6. The number of anilines is 1. The summed E-state index contributed by atoms with van der Waals surface area (Å²) >= 11 is 5.52. The second kappa shape index (κ2) is 5.07. The third-order valence-corrected chi connectivity index (χ3v) is 2.24. The largest absolute Gasteiger partial charge is 0.465 e. The number of nitrogen functional groups attached to an aromatic ring is 1. The Balaban J connectivity index is 3.44. The number of ether oxygens (including phenoxy) is 1. The van der Waals surface area contributed by atoms with E-state index in [0.717, 1.165) is 13.3 Å². The summed E-state index contributed by atoms with van der Waals surface area (Å²) in [5.41, 5.74) is 4.64. The summed E-state index contributed by atoms with van der Waals surface area (Å²) in [6.45, 7) is 0. The molecule has 16 heavy (non-hydrogen) atoms. The van der Waals surface area contributed by atoms with Crippen LogP contribution in [0.2, 0.25) is 0 Å². The second-order valence-electron chi connectivity index (χ2n) is 2.88. The molecule has 0 amide bonds. The average molecular weight is 251 g/mol. The van der Waals surface area contributed by atoms with Gasteiger partial charge in [-0.3, -0.25) is 4.98 Å². The normalized spacial score (nSPS) is 10.6. The highest BCUT2D eigenvalue weighted by Gasteiger charge is 2.23. The van der Waals surface area contributed by atoms with Crippen molar-refractivity contribution in [2.75, 3.05) is 12.8 Å². The number of carbonyl (C=O) groups excluding carboxylic acids is 1. The highest BCUT2D eigenvalue weighted by atomic mass is 35.5. The molecule has 2 N–H and O–H groups in total. The zero-order valence-electron chi connectivity index (χ0n) is 8.34. The molecule has 1 rings (SSSR count). The number of pyridine rings is 1. The number of carbonyl (C=O) groups is 1. The number of halogens is 3. The van der Waals surface area contributed by atoms with Gasteiger partial charge in [-0.25, -0.2) is 13.6 Å². The molecule has 0 saturated heterocycles. The van der Waals surface area contributed by atoms with Crippen molar-refractivity contribution < 1.29 is 18.3 Å². The number of rotatable bonds is 3. The number of nitrogens with two attached hydrogens (primary N) is 1. The Morgan fingerprint density at radius 2 is 2.31 bits per heavy atom. The fourth-order valence-corrected chi connectivity index (χ4v) is 1.52. The molecular weight excluding hydrogens is 242 g/mol. The van der Waals surface area contributed by atoms with Gasteiger partial charge in [0.15, 0.2) is 0 Å². The molecule has 0 bridgehead atoms. The van der Waals surface area contributed by atoms with Crippen LogP contribution in [-0.2, 0) is 10.6 Å². The van der Waals surface area contributed by atoms with Crippen LogP contribution in [0, 0.1) is 0 Å². The standard InChI is InChI=1S/C9H9ClF2N2O2/c1-16-9(15)6-4(2-10)7(8(11)12)14-3-5(6)13/h3,8H,2,13H2,1H3. The van der Waals surface area contributed by atoms with Gasteiger partial charge in [-0.05, 0) is 0 Å². The van der Waals surface area contributed by atoms with Crippen LogP contribution >= 0.6 is 11.6 Å². The Hall–Kier alpha value is -1.43. The van der Waals surface area contributed by atoms with E-state index in [2.05, 4.69) is 9.72 Å². The highest BCUT2D eigenvalue weighted by molar-refractivity contribution is 6.18. The van der Waals surface area contributed by atoms with Gasteiger partial charge in [0, 0.05) is 5.56 Å². The summed E-state index contributed by atoms with van der Waals surface area (Å²) in [5.74, 6) is -1.10. The summed E-state index contributed by atoms with van der Waals surface area (Å²) in [5, 5.41) is 0. The van der Waals surface area contributed by atoms with Crippen LogP contribution in [0.3, 0.4) is 0 Å². The third kappa shape index (κ3) is 2.21. The van der Waals surface area contributed by atoms with Gasteiger partial charge >= 0.3 is 5.97 Å². The lowest BCUT2D eigenvalue weighted by atomic mass is 10.1. The van der Waals surface area contributed by atoms with Gasteiger partial charge in [-0.1, -0.05) is 0 Å². The SMILES string of the molecule is COC(=O)c1c(N)cnc(C(F)F)c1CCl. The van der Waals surface area contributed by atoms with Crippen molar-refractivity contribution in [2.45, 2.75) is 12.3 Å². The zero-order valence-corrected chi connectivity index (χ0v) is 9.09. The maximum absolute atomic E-state index is 12.6. The Bertz CT molecular complexity index is 413. The first kappa shape index (κ1) is 12.6. The van der Waals surface area contributed by atoms with Gasteiger partial charge in [0.05, 0.1) is 30.4 Å². The fraction of sp³-hybridized carbons (Fsp3) is 0.333. The zero-order chi connectivity index (χ0) is 12.3. The number of esters is 1. The Kier molecular flexibility index (Phi) is 4.00. The average Bonchev–Trinajstić information content (AvgIpc) is 2.26. The molecule has 0 radical (unpaired) electrons. The summed E-state index contributed by atoms with van der Waals surface area (Å²) in [4.78, 5) is 14.8. The Morgan fingerprint density at radius 3 is 2.75 bits per heavy atom. The fourth-order valence-electron chi connectivity index (χ4n) is 1.25. The van der Waals surface area contributed by atoms with Crippen LogP contribution in [-0.4, -0.2) is 18.1 Å². The van der Waals surface area contributed by atoms with Gasteiger partial charge in [-0.2, -0.15) is 0 Å². The molecule has 0 atom stereocenters. The molecular formula is C9H9ClF2N2O2. The number of methoxy groups -OCH3 is 1. The van der Waals surface area contributed by atoms with Crippen molar-refractivity contribution in [1.82, 2.24) is 4.98 Å². The molecule has 1 heterocycles. The lowest BCUT2D eigenvalue weighted by Gasteiger charge is -2.12. The molecule has 88 valence electrons. The molecule has 0 aliphatic carbocycles. The minimum atomic E-state index is -2.82. The Morgan fingerprint density at radius 1 is 1.69 bits per heavy atom. The molecule has 1 aromatic heterocycles. The minimum absolute atomic E-state index is 0.0353. The summed E-state index contributed by atoms with van der Waals surface area (Å²) in [6.07, 6.45) is -1.83. The molecule has 0 saturated carbocycles. The van der Waals surface area contributed by atoms with Gasteiger partial charge in [0.25, 0.3) is 6.43 Å². The summed E-state index contributed by atoms with van der Waals surface area (Å²) in [7, 11) is 1.13. The number of hydrogen-bond acceptors (Lipinski definition) is 4. The van der Waals surface area contributed by atoms with Crippen molar-refractivity contribution in [3.8, 4) is 0 Å². The monoisotopic (exact) mass is 250 g/mol. The van der Waals surface area contributed by atoms with Gasteiger partial charge in [0.1, 0.15) is 5.69 Å². The van der Waals surface area contributed by atoms with Crippen molar-refractivity contribution in [3.05, 3.63) is 23.0 Å². The van der Waals surface area contributed by atoms with E-state index in [1.807, 2.05) is 0 Å². The van der Waals surface area contributed by atoms with E-state index in [9.17, 15) is 13.6 Å². The van der Waals surface area contributed by atoms with E-state index in [-0.39, 0.29) is 22.7 Å². The van der Waals surface area contributed by atoms with E-state index >= 15 is 0 Å². The quantitative estimate of drug-likeness (QED) is 0.659.